The molecule has 1 aromatic rings. The number of thiazole rings is 1. The van der Waals surface area contributed by atoms with Gasteiger partial charge in [-0.1, -0.05) is 0 Å². The monoisotopic (exact) mass is 229 g/mol. The highest BCUT2D eigenvalue weighted by Gasteiger charge is 2.29. The molecule has 7 heteroatoms. The normalized spacial score (nSPS) is 24.6. The van der Waals surface area contributed by atoms with E-state index >= 15 is 0 Å². The van der Waals surface area contributed by atoms with E-state index in [2.05, 4.69) is 10.3 Å². The topological polar surface area (TPSA) is 77.3 Å². The lowest BCUT2D eigenvalue weighted by molar-refractivity contribution is -0.380. The molecule has 1 fully saturated rings. The first-order valence-electron chi connectivity index (χ1n) is 4.58. The zero-order chi connectivity index (χ0) is 10.8. The Morgan fingerprint density at radius 2 is 2.47 bits per heavy atom. The molecular weight excluding hydrogens is 218 g/mol. The third kappa shape index (κ3) is 2.24. The maximum Gasteiger partial charge on any atom is 0.345 e. The number of aromatic nitrogens is 1. The van der Waals surface area contributed by atoms with Gasteiger partial charge in [0, 0.05) is 13.2 Å². The first-order chi connectivity index (χ1) is 7.19. The fourth-order valence-corrected chi connectivity index (χ4v) is 2.18. The van der Waals surface area contributed by atoms with Crippen molar-refractivity contribution in [2.75, 3.05) is 12.4 Å². The third-order valence-corrected chi connectivity index (χ3v) is 3.31. The van der Waals surface area contributed by atoms with Crippen molar-refractivity contribution in [3.05, 3.63) is 16.3 Å². The van der Waals surface area contributed by atoms with E-state index in [1.54, 1.807) is 7.11 Å². The summed E-state index contributed by atoms with van der Waals surface area (Å²) in [7, 11) is 1.69. The number of ether oxygens (including phenoxy) is 1. The Kier molecular flexibility index (Phi) is 2.83. The number of hydrogen-bond donors (Lipinski definition) is 1. The van der Waals surface area contributed by atoms with E-state index in [4.69, 9.17) is 4.74 Å². The van der Waals surface area contributed by atoms with Gasteiger partial charge < -0.3 is 10.1 Å². The van der Waals surface area contributed by atoms with Gasteiger partial charge in [0.15, 0.2) is 5.13 Å². The second kappa shape index (κ2) is 4.11. The molecule has 2 rings (SSSR count). The summed E-state index contributed by atoms with van der Waals surface area (Å²) in [6, 6.07) is 0.334. The second-order valence-corrected chi connectivity index (χ2v) is 4.44. The predicted molar refractivity (Wildman–Crippen MR) is 56.2 cm³/mol. The molecule has 1 saturated carbocycles. The van der Waals surface area contributed by atoms with Gasteiger partial charge in [0.25, 0.3) is 0 Å². The molecule has 0 aromatic carbocycles. The molecule has 0 spiro atoms. The van der Waals surface area contributed by atoms with E-state index < -0.39 is 4.92 Å². The van der Waals surface area contributed by atoms with Crippen LogP contribution < -0.4 is 5.32 Å². The van der Waals surface area contributed by atoms with Gasteiger partial charge in [0.1, 0.15) is 6.20 Å². The number of anilines is 1. The number of nitrogens with one attached hydrogen (secondary N) is 1. The summed E-state index contributed by atoms with van der Waals surface area (Å²) in [6.07, 6.45) is 3.46. The minimum Gasteiger partial charge on any atom is -0.381 e. The Hall–Kier alpha value is -1.21. The van der Waals surface area contributed by atoms with Gasteiger partial charge in [0.2, 0.25) is 0 Å². The summed E-state index contributed by atoms with van der Waals surface area (Å²) in [6.45, 7) is 0. The lowest BCUT2D eigenvalue weighted by atomic mass is 9.89. The Morgan fingerprint density at radius 1 is 1.73 bits per heavy atom. The first-order valence-corrected chi connectivity index (χ1v) is 5.40. The summed E-state index contributed by atoms with van der Waals surface area (Å²) in [4.78, 5) is 13.9. The molecule has 82 valence electrons. The summed E-state index contributed by atoms with van der Waals surface area (Å²) in [5, 5.41) is 14.2. The average molecular weight is 229 g/mol. The summed E-state index contributed by atoms with van der Waals surface area (Å²) in [5.74, 6) is 0. The molecule has 1 N–H and O–H groups in total. The highest BCUT2D eigenvalue weighted by atomic mass is 32.1. The molecule has 6 nitrogen and oxygen atoms in total. The molecule has 0 unspecified atom stereocenters. The van der Waals surface area contributed by atoms with Gasteiger partial charge >= 0.3 is 5.00 Å². The SMILES string of the molecule is COC1CC(Nc2ncc([N+](=O)[O-])s2)C1. The number of methoxy groups -OCH3 is 1. The maximum absolute atomic E-state index is 10.4. The minimum atomic E-state index is -0.429. The molecule has 0 bridgehead atoms. The fraction of sp³-hybridized carbons (Fsp3) is 0.625. The van der Waals surface area contributed by atoms with Gasteiger partial charge in [-0.25, -0.2) is 4.98 Å². The minimum absolute atomic E-state index is 0.0696. The van der Waals surface area contributed by atoms with Crippen LogP contribution in [0, 0.1) is 10.1 Å². The standard InChI is InChI=1S/C8H11N3O3S/c1-14-6-2-5(3-6)10-8-9-4-7(15-8)11(12)13/h4-6H,2-3H2,1H3,(H,9,10). The van der Waals surface area contributed by atoms with Crippen LogP contribution in [0.25, 0.3) is 0 Å². The molecule has 15 heavy (non-hydrogen) atoms. The van der Waals surface area contributed by atoms with Crippen LogP contribution in [-0.2, 0) is 4.74 Å². The van der Waals surface area contributed by atoms with Gasteiger partial charge in [-0.15, -0.1) is 0 Å². The molecule has 0 radical (unpaired) electrons. The van der Waals surface area contributed by atoms with Crippen molar-refractivity contribution in [2.45, 2.75) is 25.0 Å². The Balaban J connectivity index is 1.87. The molecule has 1 aliphatic carbocycles. The molecular formula is C8H11N3O3S. The zero-order valence-corrected chi connectivity index (χ0v) is 8.99. The third-order valence-electron chi connectivity index (χ3n) is 2.43. The largest absolute Gasteiger partial charge is 0.381 e. The summed E-state index contributed by atoms with van der Waals surface area (Å²) >= 11 is 1.07. The Morgan fingerprint density at radius 3 is 3.00 bits per heavy atom. The average Bonchev–Trinajstić information content (AvgIpc) is 2.58. The van der Waals surface area contributed by atoms with Crippen molar-refractivity contribution in [2.24, 2.45) is 0 Å². The number of nitro groups is 1. The van der Waals surface area contributed by atoms with Crippen LogP contribution in [0.3, 0.4) is 0 Å². The van der Waals surface area contributed by atoms with E-state index in [1.807, 2.05) is 0 Å². The van der Waals surface area contributed by atoms with Crippen molar-refractivity contribution in [3.8, 4) is 0 Å². The maximum atomic E-state index is 10.4. The molecule has 1 heterocycles. The lowest BCUT2D eigenvalue weighted by Gasteiger charge is -2.34. The first kappa shape index (κ1) is 10.3. The fourth-order valence-electron chi connectivity index (χ4n) is 1.47. The molecule has 0 aliphatic heterocycles. The molecule has 0 atom stereocenters. The van der Waals surface area contributed by atoms with Gasteiger partial charge in [0.05, 0.1) is 11.0 Å². The summed E-state index contributed by atoms with van der Waals surface area (Å²) < 4.78 is 5.13. The van der Waals surface area contributed by atoms with Crippen LogP contribution in [0.1, 0.15) is 12.8 Å². The van der Waals surface area contributed by atoms with Crippen LogP contribution in [0.2, 0.25) is 0 Å². The Bertz CT molecular complexity index is 362. The molecule has 0 saturated heterocycles. The zero-order valence-electron chi connectivity index (χ0n) is 8.17. The number of nitrogens with zero attached hydrogens (tertiary/aromatic N) is 2. The van der Waals surface area contributed by atoms with Gasteiger partial charge in [-0.2, -0.15) is 0 Å². The quantitative estimate of drug-likeness (QED) is 0.627. The van der Waals surface area contributed by atoms with E-state index in [-0.39, 0.29) is 5.00 Å². The highest BCUT2D eigenvalue weighted by molar-refractivity contribution is 7.18. The summed E-state index contributed by atoms with van der Waals surface area (Å²) in [5.41, 5.74) is 0. The van der Waals surface area contributed by atoms with Gasteiger partial charge in [-0.05, 0) is 24.2 Å². The molecule has 1 aromatic heterocycles. The predicted octanol–water partition coefficient (Wildman–Crippen LogP) is 1.64. The molecule has 0 amide bonds. The van der Waals surface area contributed by atoms with E-state index in [9.17, 15) is 10.1 Å². The number of hydrogen-bond acceptors (Lipinski definition) is 6. The molecule has 1 aliphatic rings. The van der Waals surface area contributed by atoms with Crippen LogP contribution >= 0.6 is 11.3 Å². The van der Waals surface area contributed by atoms with E-state index in [0.717, 1.165) is 24.2 Å². The van der Waals surface area contributed by atoms with Crippen LogP contribution in [0.4, 0.5) is 10.1 Å². The Labute approximate surface area is 90.4 Å². The van der Waals surface area contributed by atoms with Crippen molar-refractivity contribution in [1.29, 1.82) is 0 Å². The van der Waals surface area contributed by atoms with Crippen LogP contribution in [0.5, 0.6) is 0 Å². The highest BCUT2D eigenvalue weighted by Crippen LogP contribution is 2.30. The van der Waals surface area contributed by atoms with Crippen molar-refractivity contribution >= 4 is 21.5 Å². The van der Waals surface area contributed by atoms with Crippen molar-refractivity contribution in [1.82, 2.24) is 4.98 Å². The van der Waals surface area contributed by atoms with E-state index in [0.29, 0.717) is 17.3 Å². The second-order valence-electron chi connectivity index (χ2n) is 3.43. The van der Waals surface area contributed by atoms with Gasteiger partial charge in [-0.3, -0.25) is 10.1 Å². The van der Waals surface area contributed by atoms with Crippen LogP contribution in [0.15, 0.2) is 6.20 Å². The smallest absolute Gasteiger partial charge is 0.345 e. The van der Waals surface area contributed by atoms with Crippen LogP contribution in [-0.4, -0.2) is 29.2 Å². The lowest BCUT2D eigenvalue weighted by Crippen LogP contribution is -2.40. The van der Waals surface area contributed by atoms with Crippen molar-refractivity contribution in [3.63, 3.8) is 0 Å². The van der Waals surface area contributed by atoms with Crippen molar-refractivity contribution < 1.29 is 9.66 Å². The number of rotatable bonds is 4. The van der Waals surface area contributed by atoms with E-state index in [1.165, 1.54) is 6.20 Å².